The van der Waals surface area contributed by atoms with Gasteiger partial charge in [0.05, 0.1) is 12.1 Å². The molecule has 45 heavy (non-hydrogen) atoms. The number of aromatic nitrogens is 3. The van der Waals surface area contributed by atoms with Gasteiger partial charge in [-0.1, -0.05) is 0 Å². The van der Waals surface area contributed by atoms with Gasteiger partial charge in [0.1, 0.15) is 52.3 Å². The van der Waals surface area contributed by atoms with Gasteiger partial charge in [0.2, 0.25) is 5.88 Å². The van der Waals surface area contributed by atoms with Crippen molar-refractivity contribution in [3.05, 3.63) is 29.3 Å². The highest BCUT2D eigenvalue weighted by molar-refractivity contribution is 5.97. The molecule has 2 bridgehead atoms. The molecule has 4 aliphatic rings. The van der Waals surface area contributed by atoms with E-state index in [4.69, 9.17) is 9.47 Å². The Morgan fingerprint density at radius 1 is 1.07 bits per heavy atom. The first kappa shape index (κ1) is 30.1. The summed E-state index contributed by atoms with van der Waals surface area (Å²) in [6.45, 7) is 3.71. The number of aromatic hydroxyl groups is 1. The Balaban J connectivity index is 1.41. The maximum absolute atomic E-state index is 16.6. The number of alkyl halides is 4. The summed E-state index contributed by atoms with van der Waals surface area (Å²) in [5, 5.41) is 13.6. The summed E-state index contributed by atoms with van der Waals surface area (Å²) in [4.78, 5) is 17.1. The van der Waals surface area contributed by atoms with Crippen molar-refractivity contribution in [3.8, 4) is 28.9 Å². The van der Waals surface area contributed by atoms with Crippen LogP contribution in [0.25, 0.3) is 22.2 Å². The normalized spacial score (nSPS) is 26.6. The Morgan fingerprint density at radius 3 is 2.53 bits per heavy atom. The molecule has 4 aliphatic heterocycles. The summed E-state index contributed by atoms with van der Waals surface area (Å²) in [6, 6.07) is 0.954. The molecule has 2 N–H and O–H groups in total. The van der Waals surface area contributed by atoms with Gasteiger partial charge in [-0.2, -0.15) is 23.1 Å². The van der Waals surface area contributed by atoms with Crippen LogP contribution < -0.4 is 19.7 Å². The largest absolute Gasteiger partial charge is 0.508 e. The first-order chi connectivity index (χ1) is 21.5. The van der Waals surface area contributed by atoms with E-state index in [1.165, 1.54) is 0 Å². The molecule has 0 aliphatic carbocycles. The zero-order valence-corrected chi connectivity index (χ0v) is 24.4. The number of nitrogens with one attached hydrogen (secondary N) is 1. The first-order valence-electron chi connectivity index (χ1n) is 15.1. The quantitative estimate of drug-likeness (QED) is 0.347. The molecule has 3 aromatic rings. The lowest BCUT2D eigenvalue weighted by Gasteiger charge is -2.35. The third kappa shape index (κ3) is 5.27. The summed E-state index contributed by atoms with van der Waals surface area (Å²) in [7, 11) is 0. The molecule has 4 saturated heterocycles. The molecule has 15 heteroatoms. The maximum Gasteiger partial charge on any atom is 0.419 e. The minimum Gasteiger partial charge on any atom is -0.508 e. The van der Waals surface area contributed by atoms with E-state index in [9.17, 15) is 27.1 Å². The number of rotatable bonds is 7. The second kappa shape index (κ2) is 11.0. The molecule has 4 fully saturated rings. The van der Waals surface area contributed by atoms with Crippen molar-refractivity contribution in [1.29, 1.82) is 0 Å². The first-order valence-corrected chi connectivity index (χ1v) is 15.1. The lowest BCUT2D eigenvalue weighted by Crippen LogP contribution is -2.51. The molecule has 7 rings (SSSR count). The Hall–Kier alpha value is -3.59. The van der Waals surface area contributed by atoms with Crippen LogP contribution in [0, 0.1) is 11.6 Å². The Kier molecular flexibility index (Phi) is 7.38. The number of piperazine rings is 1. The fraction of sp³-hybridized carbons (Fsp3) is 0.567. The third-order valence-corrected chi connectivity index (χ3v) is 9.35. The molecule has 9 nitrogen and oxygen atoms in total. The van der Waals surface area contributed by atoms with Crippen LogP contribution in [0.2, 0.25) is 0 Å². The van der Waals surface area contributed by atoms with E-state index in [1.807, 2.05) is 9.80 Å². The van der Waals surface area contributed by atoms with Gasteiger partial charge in [0, 0.05) is 49.8 Å². The van der Waals surface area contributed by atoms with E-state index in [0.29, 0.717) is 38.2 Å². The van der Waals surface area contributed by atoms with Gasteiger partial charge < -0.3 is 24.8 Å². The van der Waals surface area contributed by atoms with Crippen molar-refractivity contribution in [1.82, 2.24) is 25.2 Å². The van der Waals surface area contributed by atoms with Gasteiger partial charge in [0.25, 0.3) is 0 Å². The fourth-order valence-corrected chi connectivity index (χ4v) is 7.50. The highest BCUT2D eigenvalue weighted by atomic mass is 19.4. The third-order valence-electron chi connectivity index (χ3n) is 9.35. The summed E-state index contributed by atoms with van der Waals surface area (Å²) >= 11 is 0. The number of phenolic OH excluding ortho intramolecular Hbond substituents is 1. The molecule has 1 aromatic carbocycles. The SMILES string of the molecule is CCOc1nc(-c2cc(O)cc(F)c2C(F)(F)F)c(F)c2nc(OC[C@@]34CCCN3C[C@H](F)C4)nc(N3CC4CCC(C3)N4)c12. The van der Waals surface area contributed by atoms with E-state index in [0.717, 1.165) is 25.8 Å². The van der Waals surface area contributed by atoms with Crippen LogP contribution in [-0.2, 0) is 6.18 Å². The van der Waals surface area contributed by atoms with Crippen LogP contribution in [-0.4, -0.2) is 88.1 Å². The van der Waals surface area contributed by atoms with Gasteiger partial charge in [-0.05, 0) is 45.2 Å². The van der Waals surface area contributed by atoms with Gasteiger partial charge in [-0.3, -0.25) is 4.90 Å². The number of fused-ring (bicyclic) bond motifs is 4. The lowest BCUT2D eigenvalue weighted by atomic mass is 9.95. The van der Waals surface area contributed by atoms with Gasteiger partial charge in [-0.15, -0.1) is 0 Å². The zero-order valence-electron chi connectivity index (χ0n) is 24.4. The smallest absolute Gasteiger partial charge is 0.419 e. The topological polar surface area (TPSA) is 95.9 Å². The highest BCUT2D eigenvalue weighted by Gasteiger charge is 2.49. The maximum atomic E-state index is 16.6. The molecule has 2 aromatic heterocycles. The highest BCUT2D eigenvalue weighted by Crippen LogP contribution is 2.45. The number of pyridine rings is 1. The minimum absolute atomic E-state index is 0.0148. The molecular formula is C30H32F6N6O3. The van der Waals surface area contributed by atoms with Crippen molar-refractivity contribution >= 4 is 16.7 Å². The number of benzene rings is 1. The molecule has 2 unspecified atom stereocenters. The van der Waals surface area contributed by atoms with Crippen molar-refractivity contribution in [2.45, 2.75) is 69.0 Å². The zero-order chi connectivity index (χ0) is 31.7. The van der Waals surface area contributed by atoms with E-state index >= 15 is 4.39 Å². The molecule has 0 spiro atoms. The average molecular weight is 639 g/mol. The van der Waals surface area contributed by atoms with E-state index in [-0.39, 0.29) is 54.8 Å². The Bertz CT molecular complexity index is 1630. The average Bonchev–Trinajstić information content (AvgIpc) is 3.62. The molecule has 6 heterocycles. The van der Waals surface area contributed by atoms with Gasteiger partial charge in [-0.25, -0.2) is 18.2 Å². The Labute approximate surface area is 254 Å². The van der Waals surface area contributed by atoms with Gasteiger partial charge in [0.15, 0.2) is 5.82 Å². The van der Waals surface area contributed by atoms with Crippen LogP contribution in [0.5, 0.6) is 17.6 Å². The van der Waals surface area contributed by atoms with Crippen molar-refractivity contribution < 1.29 is 40.9 Å². The molecule has 0 saturated carbocycles. The molecule has 0 amide bonds. The predicted octanol–water partition coefficient (Wildman–Crippen LogP) is 4.99. The number of halogens is 6. The molecular weight excluding hydrogens is 606 g/mol. The summed E-state index contributed by atoms with van der Waals surface area (Å²) in [5.74, 6) is -3.93. The minimum atomic E-state index is -5.24. The van der Waals surface area contributed by atoms with Crippen molar-refractivity contribution in [2.24, 2.45) is 0 Å². The van der Waals surface area contributed by atoms with Crippen molar-refractivity contribution in [2.75, 3.05) is 44.3 Å². The van der Waals surface area contributed by atoms with Crippen LogP contribution >= 0.6 is 0 Å². The monoisotopic (exact) mass is 638 g/mol. The number of phenols is 1. The number of hydrogen-bond acceptors (Lipinski definition) is 9. The Morgan fingerprint density at radius 2 is 1.82 bits per heavy atom. The van der Waals surface area contributed by atoms with Crippen molar-refractivity contribution in [3.63, 3.8) is 0 Å². The van der Waals surface area contributed by atoms with Crippen LogP contribution in [0.4, 0.5) is 32.2 Å². The lowest BCUT2D eigenvalue weighted by molar-refractivity contribution is -0.139. The van der Waals surface area contributed by atoms with Crippen LogP contribution in [0.1, 0.15) is 44.6 Å². The number of nitrogens with zero attached hydrogens (tertiary/aromatic N) is 5. The number of anilines is 1. The second-order valence-corrected chi connectivity index (χ2v) is 12.3. The summed E-state index contributed by atoms with van der Waals surface area (Å²) in [6.07, 6.45) is -2.56. The summed E-state index contributed by atoms with van der Waals surface area (Å²) < 4.78 is 99.7. The van der Waals surface area contributed by atoms with Gasteiger partial charge >= 0.3 is 12.2 Å². The van der Waals surface area contributed by atoms with Crippen LogP contribution in [0.3, 0.4) is 0 Å². The van der Waals surface area contributed by atoms with Crippen LogP contribution in [0.15, 0.2) is 12.1 Å². The van der Waals surface area contributed by atoms with E-state index in [2.05, 4.69) is 20.3 Å². The van der Waals surface area contributed by atoms with E-state index < -0.39 is 57.6 Å². The standard InChI is InChI=1S/C30H32F6N6O3/c1-2-44-27-21-25(23(33)24(38-27)19-8-18(43)9-20(32)22(19)30(34,35)36)39-28(40-26(21)41-12-16-4-5-17(13-41)37-16)45-14-29-6-3-7-42(29)11-15(31)10-29/h8-9,15-17,37,43H,2-7,10-14H2,1H3/t15-,16?,17?,29+/m1/s1. The fourth-order valence-electron chi connectivity index (χ4n) is 7.50. The van der Waals surface area contributed by atoms with E-state index in [1.54, 1.807) is 6.92 Å². The number of ether oxygens (including phenoxy) is 2. The summed E-state index contributed by atoms with van der Waals surface area (Å²) in [5.41, 5.74) is -4.70. The molecule has 242 valence electrons. The predicted molar refractivity (Wildman–Crippen MR) is 151 cm³/mol. The number of hydrogen-bond donors (Lipinski definition) is 2. The molecule has 4 atom stereocenters. The molecule has 0 radical (unpaired) electrons. The second-order valence-electron chi connectivity index (χ2n) is 12.3.